The Kier molecular flexibility index (Phi) is 4.03. The van der Waals surface area contributed by atoms with Crippen molar-refractivity contribution in [3.8, 4) is 0 Å². The van der Waals surface area contributed by atoms with Gasteiger partial charge < -0.3 is 4.74 Å². The summed E-state index contributed by atoms with van der Waals surface area (Å²) < 4.78 is 4.85. The van der Waals surface area contributed by atoms with E-state index in [2.05, 4.69) is 0 Å². The second kappa shape index (κ2) is 5.29. The zero-order chi connectivity index (χ0) is 11.3. The van der Waals surface area contributed by atoms with Gasteiger partial charge in [0.25, 0.3) is 0 Å². The molecule has 0 aliphatic rings. The molecule has 0 bridgehead atoms. The third kappa shape index (κ3) is 3.20. The van der Waals surface area contributed by atoms with Crippen LogP contribution < -0.4 is 0 Å². The summed E-state index contributed by atoms with van der Waals surface area (Å²) in [6, 6.07) is 5.29. The van der Waals surface area contributed by atoms with Crippen LogP contribution in [0, 0.1) is 6.92 Å². The molecule has 80 valence electrons. The van der Waals surface area contributed by atoms with E-state index in [1.807, 2.05) is 13.0 Å². The summed E-state index contributed by atoms with van der Waals surface area (Å²) in [6.07, 6.45) is 0.995. The van der Waals surface area contributed by atoms with E-state index in [0.717, 1.165) is 17.4 Å². The number of ether oxygens (including phenoxy) is 1. The summed E-state index contributed by atoms with van der Waals surface area (Å²) in [4.78, 5) is 21.8. The molecular formula is C12H14O3. The molecule has 0 N–H and O–H groups in total. The fourth-order valence-corrected chi connectivity index (χ4v) is 1.32. The Balaban J connectivity index is 2.83. The molecule has 15 heavy (non-hydrogen) atoms. The van der Waals surface area contributed by atoms with Crippen LogP contribution in [0.2, 0.25) is 0 Å². The molecule has 0 heterocycles. The van der Waals surface area contributed by atoms with Gasteiger partial charge in [-0.3, -0.25) is 9.59 Å². The first-order chi connectivity index (χ1) is 7.17. The van der Waals surface area contributed by atoms with Gasteiger partial charge in [-0.25, -0.2) is 0 Å². The van der Waals surface area contributed by atoms with Crippen molar-refractivity contribution in [3.05, 3.63) is 34.9 Å². The summed E-state index contributed by atoms with van der Waals surface area (Å²) in [5.41, 5.74) is 2.42. The summed E-state index contributed by atoms with van der Waals surface area (Å²) in [5.74, 6) is -0.261. The Bertz CT molecular complexity index is 369. The van der Waals surface area contributed by atoms with Crippen molar-refractivity contribution in [2.45, 2.75) is 20.3 Å². The SMILES string of the molecule is CCOC(=O)Cc1cc(C=O)ccc1C. The molecule has 0 atom stereocenters. The van der Waals surface area contributed by atoms with Crippen molar-refractivity contribution in [1.82, 2.24) is 0 Å². The number of carbonyl (C=O) groups is 2. The maximum Gasteiger partial charge on any atom is 0.310 e. The second-order valence-corrected chi connectivity index (χ2v) is 3.29. The third-order valence-corrected chi connectivity index (χ3v) is 2.15. The number of hydrogen-bond acceptors (Lipinski definition) is 3. The summed E-state index contributed by atoms with van der Waals surface area (Å²) in [7, 11) is 0. The predicted octanol–water partition coefficient (Wildman–Crippen LogP) is 1.91. The summed E-state index contributed by atoms with van der Waals surface area (Å²) >= 11 is 0. The molecule has 3 nitrogen and oxygen atoms in total. The lowest BCUT2D eigenvalue weighted by molar-refractivity contribution is -0.142. The van der Waals surface area contributed by atoms with Crippen molar-refractivity contribution < 1.29 is 14.3 Å². The smallest absolute Gasteiger partial charge is 0.310 e. The minimum absolute atomic E-state index is 0.224. The molecule has 0 unspecified atom stereocenters. The topological polar surface area (TPSA) is 43.4 Å². The molecule has 1 aromatic carbocycles. The largest absolute Gasteiger partial charge is 0.466 e. The monoisotopic (exact) mass is 206 g/mol. The van der Waals surface area contributed by atoms with Gasteiger partial charge in [0, 0.05) is 5.56 Å². The maximum atomic E-state index is 11.3. The first kappa shape index (κ1) is 11.4. The standard InChI is InChI=1S/C12H14O3/c1-3-15-12(14)7-11-6-10(8-13)5-4-9(11)2/h4-6,8H,3,7H2,1-2H3. The Hall–Kier alpha value is -1.64. The highest BCUT2D eigenvalue weighted by Gasteiger charge is 2.07. The average molecular weight is 206 g/mol. The molecule has 0 aliphatic carbocycles. The molecular weight excluding hydrogens is 192 g/mol. The van der Waals surface area contributed by atoms with Gasteiger partial charge in [0.05, 0.1) is 13.0 Å². The van der Waals surface area contributed by atoms with Crippen LogP contribution >= 0.6 is 0 Å². The van der Waals surface area contributed by atoms with E-state index < -0.39 is 0 Å². The number of aryl methyl sites for hydroxylation is 1. The third-order valence-electron chi connectivity index (χ3n) is 2.15. The molecule has 0 aromatic heterocycles. The van der Waals surface area contributed by atoms with E-state index in [1.165, 1.54) is 0 Å². The van der Waals surface area contributed by atoms with E-state index in [9.17, 15) is 9.59 Å². The van der Waals surface area contributed by atoms with Gasteiger partial charge in [0.15, 0.2) is 0 Å². The fraction of sp³-hybridized carbons (Fsp3) is 0.333. The molecule has 0 saturated carbocycles. The Labute approximate surface area is 89.1 Å². The zero-order valence-corrected chi connectivity index (χ0v) is 8.95. The Morgan fingerprint density at radius 2 is 2.20 bits per heavy atom. The number of rotatable bonds is 4. The van der Waals surface area contributed by atoms with Crippen LogP contribution in [0.5, 0.6) is 0 Å². The Morgan fingerprint density at radius 1 is 1.47 bits per heavy atom. The average Bonchev–Trinajstić information content (AvgIpc) is 2.21. The van der Waals surface area contributed by atoms with Crippen LogP contribution in [-0.2, 0) is 16.0 Å². The lowest BCUT2D eigenvalue weighted by Gasteiger charge is -2.06. The van der Waals surface area contributed by atoms with Gasteiger partial charge in [-0.05, 0) is 31.0 Å². The zero-order valence-electron chi connectivity index (χ0n) is 8.95. The molecule has 1 aromatic rings. The molecule has 0 spiro atoms. The van der Waals surface area contributed by atoms with Crippen LogP contribution in [0.1, 0.15) is 28.4 Å². The van der Waals surface area contributed by atoms with E-state index in [1.54, 1.807) is 19.1 Å². The Morgan fingerprint density at radius 3 is 2.80 bits per heavy atom. The van der Waals surface area contributed by atoms with Crippen molar-refractivity contribution in [3.63, 3.8) is 0 Å². The van der Waals surface area contributed by atoms with Gasteiger partial charge in [-0.1, -0.05) is 12.1 Å². The highest BCUT2D eigenvalue weighted by molar-refractivity contribution is 5.77. The quantitative estimate of drug-likeness (QED) is 0.558. The number of hydrogen-bond donors (Lipinski definition) is 0. The van der Waals surface area contributed by atoms with Crippen molar-refractivity contribution >= 4 is 12.3 Å². The second-order valence-electron chi connectivity index (χ2n) is 3.29. The molecule has 0 aliphatic heterocycles. The van der Waals surface area contributed by atoms with Gasteiger partial charge >= 0.3 is 5.97 Å². The van der Waals surface area contributed by atoms with E-state index in [-0.39, 0.29) is 12.4 Å². The van der Waals surface area contributed by atoms with Crippen molar-refractivity contribution in [1.29, 1.82) is 0 Å². The maximum absolute atomic E-state index is 11.3. The molecule has 3 heteroatoms. The minimum Gasteiger partial charge on any atom is -0.466 e. The summed E-state index contributed by atoms with van der Waals surface area (Å²) in [5, 5.41) is 0. The van der Waals surface area contributed by atoms with Crippen molar-refractivity contribution in [2.75, 3.05) is 6.61 Å². The lowest BCUT2D eigenvalue weighted by atomic mass is 10.0. The number of aldehydes is 1. The molecule has 0 fully saturated rings. The lowest BCUT2D eigenvalue weighted by Crippen LogP contribution is -2.08. The number of carbonyl (C=O) groups excluding carboxylic acids is 2. The molecule has 0 amide bonds. The van der Waals surface area contributed by atoms with E-state index in [0.29, 0.717) is 12.2 Å². The van der Waals surface area contributed by atoms with Crippen LogP contribution in [0.25, 0.3) is 0 Å². The molecule has 0 radical (unpaired) electrons. The predicted molar refractivity (Wildman–Crippen MR) is 56.9 cm³/mol. The first-order valence-electron chi connectivity index (χ1n) is 4.87. The minimum atomic E-state index is -0.261. The normalized spacial score (nSPS) is 9.73. The van der Waals surface area contributed by atoms with E-state index in [4.69, 9.17) is 4.74 Å². The van der Waals surface area contributed by atoms with Crippen molar-refractivity contribution in [2.24, 2.45) is 0 Å². The number of benzene rings is 1. The van der Waals surface area contributed by atoms with Crippen LogP contribution in [0.3, 0.4) is 0 Å². The number of esters is 1. The van der Waals surface area contributed by atoms with Gasteiger partial charge in [-0.15, -0.1) is 0 Å². The van der Waals surface area contributed by atoms with E-state index >= 15 is 0 Å². The summed E-state index contributed by atoms with van der Waals surface area (Å²) in [6.45, 7) is 4.06. The van der Waals surface area contributed by atoms with Gasteiger partial charge in [-0.2, -0.15) is 0 Å². The van der Waals surface area contributed by atoms with Gasteiger partial charge in [0.1, 0.15) is 6.29 Å². The highest BCUT2D eigenvalue weighted by Crippen LogP contribution is 2.11. The van der Waals surface area contributed by atoms with Gasteiger partial charge in [0.2, 0.25) is 0 Å². The van der Waals surface area contributed by atoms with Crippen LogP contribution in [0.4, 0.5) is 0 Å². The molecule has 1 rings (SSSR count). The van der Waals surface area contributed by atoms with Crippen LogP contribution in [-0.4, -0.2) is 18.9 Å². The highest BCUT2D eigenvalue weighted by atomic mass is 16.5. The fourth-order valence-electron chi connectivity index (χ4n) is 1.32. The molecule has 0 saturated heterocycles. The van der Waals surface area contributed by atoms with Crippen LogP contribution in [0.15, 0.2) is 18.2 Å². The first-order valence-corrected chi connectivity index (χ1v) is 4.87.